The molecule has 0 amide bonds. The number of rotatable bonds is 5. The predicted molar refractivity (Wildman–Crippen MR) is 116 cm³/mol. The molecule has 0 aliphatic carbocycles. The monoisotopic (exact) mass is 483 g/mol. The van der Waals surface area contributed by atoms with E-state index >= 15 is 0 Å². The van der Waals surface area contributed by atoms with Crippen LogP contribution in [0.25, 0.3) is 10.9 Å². The minimum absolute atomic E-state index is 0.0589. The Labute approximate surface area is 193 Å². The quantitative estimate of drug-likeness (QED) is 0.483. The lowest BCUT2D eigenvalue weighted by molar-refractivity contribution is -0.136. The first-order valence-corrected chi connectivity index (χ1v) is 11.0. The van der Waals surface area contributed by atoms with Gasteiger partial charge in [-0.05, 0) is 63.4 Å². The molecule has 2 N–H and O–H groups in total. The zero-order chi connectivity index (χ0) is 24.8. The molecule has 0 bridgehead atoms. The Morgan fingerprint density at radius 3 is 2.47 bits per heavy atom. The highest BCUT2D eigenvalue weighted by Gasteiger charge is 2.40. The molecule has 0 unspecified atom stereocenters. The van der Waals surface area contributed by atoms with Gasteiger partial charge in [0, 0.05) is 18.1 Å². The Morgan fingerprint density at radius 1 is 1.18 bits per heavy atom. The number of benzene rings is 2. The molecule has 1 fully saturated rings. The Morgan fingerprint density at radius 2 is 1.85 bits per heavy atom. The summed E-state index contributed by atoms with van der Waals surface area (Å²) in [6.07, 6.45) is -4.16. The van der Waals surface area contributed by atoms with E-state index < -0.39 is 41.2 Å². The molecule has 0 spiro atoms. The van der Waals surface area contributed by atoms with Crippen LogP contribution in [0.1, 0.15) is 50.8 Å². The van der Waals surface area contributed by atoms with E-state index in [1.807, 2.05) is 6.92 Å². The summed E-state index contributed by atoms with van der Waals surface area (Å²) in [7, 11) is 0. The van der Waals surface area contributed by atoms with E-state index in [9.17, 15) is 27.1 Å². The largest absolute Gasteiger partial charge is 0.492 e. The second-order valence-corrected chi connectivity index (χ2v) is 9.22. The molecule has 2 aromatic carbocycles. The highest BCUT2D eigenvalue weighted by Crippen LogP contribution is 2.40. The van der Waals surface area contributed by atoms with Crippen LogP contribution in [-0.2, 0) is 11.8 Å². The van der Waals surface area contributed by atoms with Crippen LogP contribution in [0.4, 0.5) is 22.0 Å². The van der Waals surface area contributed by atoms with Crippen molar-refractivity contribution in [3.8, 4) is 5.75 Å². The molecular formula is C24H26F5N3O2. The van der Waals surface area contributed by atoms with Gasteiger partial charge < -0.3 is 15.2 Å². The van der Waals surface area contributed by atoms with Crippen molar-refractivity contribution in [2.24, 2.45) is 0 Å². The summed E-state index contributed by atoms with van der Waals surface area (Å²) in [4.78, 5) is 0. The number of nitrogens with zero attached hydrogens (tertiary/aromatic N) is 2. The Hall–Kier alpha value is -2.72. The van der Waals surface area contributed by atoms with Crippen molar-refractivity contribution in [1.82, 2.24) is 15.1 Å². The van der Waals surface area contributed by atoms with Gasteiger partial charge in [0.25, 0.3) is 0 Å². The number of halogens is 5. The van der Waals surface area contributed by atoms with Gasteiger partial charge in [-0.2, -0.15) is 17.6 Å². The number of nitrogens with one attached hydrogen (secondary N) is 1. The van der Waals surface area contributed by atoms with E-state index in [0.717, 1.165) is 10.7 Å². The number of alkyl halides is 3. The first-order valence-electron chi connectivity index (χ1n) is 11.0. The van der Waals surface area contributed by atoms with E-state index in [0.29, 0.717) is 12.0 Å². The molecule has 1 saturated heterocycles. The van der Waals surface area contributed by atoms with Gasteiger partial charge in [-0.3, -0.25) is 4.68 Å². The van der Waals surface area contributed by atoms with Crippen LogP contribution in [0, 0.1) is 11.8 Å². The summed E-state index contributed by atoms with van der Waals surface area (Å²) in [5, 5.41) is 17.9. The summed E-state index contributed by atoms with van der Waals surface area (Å²) >= 11 is 0. The Bertz CT molecular complexity index is 1180. The third-order valence-electron chi connectivity index (χ3n) is 6.11. The van der Waals surface area contributed by atoms with E-state index in [-0.39, 0.29) is 35.7 Å². The first-order chi connectivity index (χ1) is 15.9. The van der Waals surface area contributed by atoms with Crippen LogP contribution in [0.3, 0.4) is 0 Å². The number of fused-ring (bicyclic) bond motifs is 1. The molecule has 2 heterocycles. The van der Waals surface area contributed by atoms with E-state index in [4.69, 9.17) is 4.74 Å². The SMILES string of the molecule is CC(C)n1nc(F)c2cc(OC[C@@H]3C[C@](O)(c4ccc(F)cc4)C[C@H](C)N3)cc(C(F)(F)F)c21. The number of aliphatic hydroxyl groups is 1. The second kappa shape index (κ2) is 8.81. The van der Waals surface area contributed by atoms with Gasteiger partial charge in [0.15, 0.2) is 0 Å². The number of hydrogen-bond donors (Lipinski definition) is 2. The molecule has 5 nitrogen and oxygen atoms in total. The topological polar surface area (TPSA) is 59.3 Å². The minimum Gasteiger partial charge on any atom is -0.492 e. The zero-order valence-corrected chi connectivity index (χ0v) is 19.0. The second-order valence-electron chi connectivity index (χ2n) is 9.22. The first kappa shape index (κ1) is 24.4. The third kappa shape index (κ3) is 4.74. The van der Waals surface area contributed by atoms with Gasteiger partial charge in [-0.15, -0.1) is 5.10 Å². The van der Waals surface area contributed by atoms with Crippen molar-refractivity contribution in [1.29, 1.82) is 0 Å². The highest BCUT2D eigenvalue weighted by molar-refractivity contribution is 5.85. The molecule has 0 saturated carbocycles. The molecule has 1 aliphatic heterocycles. The van der Waals surface area contributed by atoms with Crippen LogP contribution in [-0.4, -0.2) is 33.6 Å². The maximum atomic E-state index is 14.5. The molecule has 10 heteroatoms. The summed E-state index contributed by atoms with van der Waals surface area (Å²) in [6, 6.07) is 6.62. The molecule has 0 radical (unpaired) electrons. The lowest BCUT2D eigenvalue weighted by atomic mass is 9.79. The van der Waals surface area contributed by atoms with Crippen LogP contribution in [0.2, 0.25) is 0 Å². The standard InChI is InChI=1S/C24H26F5N3O2/c1-13(2)32-21-19(22(26)31-32)8-18(9-20(21)24(27,28)29)34-12-17-11-23(33,10-14(3)30-17)15-4-6-16(25)7-5-15/h4-9,13-14,17,30,33H,10-12H2,1-3H3/t14-,17-,23-/m0/s1. The lowest BCUT2D eigenvalue weighted by Gasteiger charge is -2.41. The smallest absolute Gasteiger partial charge is 0.418 e. The van der Waals surface area contributed by atoms with E-state index in [1.54, 1.807) is 13.8 Å². The molecule has 184 valence electrons. The third-order valence-corrected chi connectivity index (χ3v) is 6.11. The normalized spacial score (nSPS) is 23.6. The fraction of sp³-hybridized carbons (Fsp3) is 0.458. The summed E-state index contributed by atoms with van der Waals surface area (Å²) in [5.41, 5.74) is -2.06. The lowest BCUT2D eigenvalue weighted by Crippen LogP contribution is -2.53. The number of piperidine rings is 1. The summed E-state index contributed by atoms with van der Waals surface area (Å²) < 4.78 is 75.9. The number of ether oxygens (including phenoxy) is 1. The van der Waals surface area contributed by atoms with E-state index in [1.165, 1.54) is 30.3 Å². The van der Waals surface area contributed by atoms with Gasteiger partial charge in [0.05, 0.1) is 22.1 Å². The van der Waals surface area contributed by atoms with Crippen molar-refractivity contribution in [2.75, 3.05) is 6.61 Å². The molecule has 1 aliphatic rings. The van der Waals surface area contributed by atoms with E-state index in [2.05, 4.69) is 10.4 Å². The van der Waals surface area contributed by atoms with Crippen molar-refractivity contribution in [3.63, 3.8) is 0 Å². The zero-order valence-electron chi connectivity index (χ0n) is 19.0. The van der Waals surface area contributed by atoms with Gasteiger partial charge in [0.1, 0.15) is 18.2 Å². The maximum Gasteiger partial charge on any atom is 0.418 e. The van der Waals surface area contributed by atoms with Crippen molar-refractivity contribution in [2.45, 2.75) is 63.5 Å². The summed E-state index contributed by atoms with van der Waals surface area (Å²) in [5.74, 6) is -1.57. The van der Waals surface area contributed by atoms with Gasteiger partial charge >= 0.3 is 6.18 Å². The molecule has 1 aromatic heterocycles. The van der Waals surface area contributed by atoms with Crippen LogP contribution in [0.15, 0.2) is 36.4 Å². The van der Waals surface area contributed by atoms with Gasteiger partial charge in [-0.25, -0.2) is 4.39 Å². The number of hydrogen-bond acceptors (Lipinski definition) is 4. The van der Waals surface area contributed by atoms with Gasteiger partial charge in [0.2, 0.25) is 5.95 Å². The minimum atomic E-state index is -4.74. The molecule has 3 aromatic rings. The molecule has 4 rings (SSSR count). The van der Waals surface area contributed by atoms with Gasteiger partial charge in [-0.1, -0.05) is 12.1 Å². The summed E-state index contributed by atoms with van der Waals surface area (Å²) in [6.45, 7) is 5.05. The van der Waals surface area contributed by atoms with Crippen LogP contribution in [0.5, 0.6) is 5.75 Å². The predicted octanol–water partition coefficient (Wildman–Crippen LogP) is 5.32. The fourth-order valence-corrected chi connectivity index (χ4v) is 4.70. The molecule has 34 heavy (non-hydrogen) atoms. The Kier molecular flexibility index (Phi) is 6.32. The maximum absolute atomic E-state index is 14.5. The molecular weight excluding hydrogens is 457 g/mol. The molecule has 3 atom stereocenters. The van der Waals surface area contributed by atoms with Crippen LogP contribution >= 0.6 is 0 Å². The van der Waals surface area contributed by atoms with Crippen molar-refractivity contribution >= 4 is 10.9 Å². The highest BCUT2D eigenvalue weighted by atomic mass is 19.4. The number of aromatic nitrogens is 2. The van der Waals surface area contributed by atoms with Crippen LogP contribution < -0.4 is 10.1 Å². The average molecular weight is 483 g/mol. The van der Waals surface area contributed by atoms with Crippen molar-refractivity contribution < 1.29 is 31.8 Å². The average Bonchev–Trinajstić information content (AvgIpc) is 3.07. The van der Waals surface area contributed by atoms with Crippen molar-refractivity contribution in [3.05, 3.63) is 59.3 Å². The fourth-order valence-electron chi connectivity index (χ4n) is 4.70. The Balaban J connectivity index is 1.60.